The molecule has 0 unspecified atom stereocenters. The number of nitrogens with zero attached hydrogens (tertiary/aromatic N) is 2. The van der Waals surface area contributed by atoms with Gasteiger partial charge in [-0.1, -0.05) is 12.1 Å². The molecule has 1 N–H and O–H groups in total. The van der Waals surface area contributed by atoms with Gasteiger partial charge in [-0.2, -0.15) is 0 Å². The molecule has 1 fully saturated rings. The molecule has 0 aliphatic carbocycles. The number of nitrogens with one attached hydrogen (secondary N) is 1. The Morgan fingerprint density at radius 1 is 0.758 bits per heavy atom. The minimum atomic E-state index is -0.763. The molecule has 9 nitrogen and oxygen atoms in total. The topological polar surface area (TPSA) is 97.4 Å². The zero-order valence-electron chi connectivity index (χ0n) is 17.0. The summed E-state index contributed by atoms with van der Waals surface area (Å²) in [7, 11) is 1.31. The summed E-state index contributed by atoms with van der Waals surface area (Å²) in [5.41, 5.74) is 2.61. The Balaban J connectivity index is 1.43. The average Bonchev–Trinajstić information content (AvgIpc) is 2.80. The lowest BCUT2D eigenvalue weighted by Crippen LogP contribution is -2.52. The molecular weight excluding hydrogens is 426 g/mol. The largest absolute Gasteiger partial charge is 0.453 e. The number of likely N-dealkylation sites (N-methyl/N-ethyl adjacent to an activating group) is 1. The number of carbonyl (C=O) groups excluding carboxylic acids is 3. The standard InChI is InChI=1S/C24H13N3O6/c1-26-23(29)12(22(28)25-24(26)30)8-11-9-17-21-18(10-11)33-16-7-3-5-14-20(16)27(21)19-13(31-14)4-2-6-15(19)32-17/h2-10H,1H3,(H,25,28,30)/b12-8-. The Hall–Kier alpha value is -4.79. The quantitative estimate of drug-likeness (QED) is 0.296. The van der Waals surface area contributed by atoms with Crippen molar-refractivity contribution in [3.63, 3.8) is 0 Å². The van der Waals surface area contributed by atoms with Gasteiger partial charge in [-0.25, -0.2) is 4.79 Å². The fourth-order valence-electron chi connectivity index (χ4n) is 4.44. The molecular formula is C24H13N3O6. The van der Waals surface area contributed by atoms with Gasteiger partial charge in [-0.05, 0) is 48.0 Å². The number of hydrogen-bond donors (Lipinski definition) is 1. The lowest BCUT2D eigenvalue weighted by atomic mass is 10.0. The lowest BCUT2D eigenvalue weighted by Gasteiger charge is -2.41. The van der Waals surface area contributed by atoms with E-state index in [2.05, 4.69) is 10.2 Å². The predicted molar refractivity (Wildman–Crippen MR) is 116 cm³/mol. The van der Waals surface area contributed by atoms with Crippen molar-refractivity contribution in [2.75, 3.05) is 11.9 Å². The third-order valence-corrected chi connectivity index (χ3v) is 5.93. The second-order valence-corrected chi connectivity index (χ2v) is 7.89. The summed E-state index contributed by atoms with van der Waals surface area (Å²) in [6.45, 7) is 0. The van der Waals surface area contributed by atoms with Gasteiger partial charge < -0.3 is 14.2 Å². The molecule has 160 valence electrons. The van der Waals surface area contributed by atoms with Gasteiger partial charge in [0.2, 0.25) is 0 Å². The molecule has 1 saturated heterocycles. The van der Waals surface area contributed by atoms with Crippen molar-refractivity contribution in [1.29, 1.82) is 0 Å². The van der Waals surface area contributed by atoms with Crippen LogP contribution in [-0.2, 0) is 9.59 Å². The van der Waals surface area contributed by atoms with Crippen LogP contribution >= 0.6 is 0 Å². The number of benzene rings is 3. The average molecular weight is 439 g/mol. The minimum absolute atomic E-state index is 0.160. The van der Waals surface area contributed by atoms with E-state index >= 15 is 0 Å². The van der Waals surface area contributed by atoms with E-state index in [-0.39, 0.29) is 5.57 Å². The second-order valence-electron chi connectivity index (χ2n) is 7.89. The monoisotopic (exact) mass is 439 g/mol. The Bertz CT molecular complexity index is 1430. The van der Waals surface area contributed by atoms with Gasteiger partial charge in [0.25, 0.3) is 11.8 Å². The first kappa shape index (κ1) is 17.8. The molecule has 3 aromatic rings. The summed E-state index contributed by atoms with van der Waals surface area (Å²) in [6.07, 6.45) is 1.42. The van der Waals surface area contributed by atoms with Gasteiger partial charge in [0, 0.05) is 7.05 Å². The van der Waals surface area contributed by atoms with Crippen LogP contribution < -0.4 is 24.4 Å². The molecule has 3 aromatic carbocycles. The van der Waals surface area contributed by atoms with Crippen LogP contribution in [0.1, 0.15) is 5.56 Å². The molecule has 4 aliphatic rings. The number of rotatable bonds is 1. The fraction of sp³-hybridized carbons (Fsp3) is 0.0417. The molecule has 7 rings (SSSR count). The number of urea groups is 1. The highest BCUT2D eigenvalue weighted by molar-refractivity contribution is 6.30. The number of para-hydroxylation sites is 2. The van der Waals surface area contributed by atoms with Crippen LogP contribution in [0.15, 0.2) is 54.1 Å². The maximum absolute atomic E-state index is 12.5. The summed E-state index contributed by atoms with van der Waals surface area (Å²) in [5.74, 6) is 2.10. The van der Waals surface area contributed by atoms with Crippen LogP contribution in [0.25, 0.3) is 6.08 Å². The summed E-state index contributed by atoms with van der Waals surface area (Å²) < 4.78 is 18.5. The van der Waals surface area contributed by atoms with E-state index in [0.29, 0.717) is 45.7 Å². The molecule has 0 atom stereocenters. The van der Waals surface area contributed by atoms with Crippen LogP contribution in [0.5, 0.6) is 34.5 Å². The number of anilines is 3. The van der Waals surface area contributed by atoms with Crippen molar-refractivity contribution < 1.29 is 28.6 Å². The summed E-state index contributed by atoms with van der Waals surface area (Å²) >= 11 is 0. The maximum atomic E-state index is 12.5. The Morgan fingerprint density at radius 2 is 1.24 bits per heavy atom. The van der Waals surface area contributed by atoms with Gasteiger partial charge in [0.15, 0.2) is 34.5 Å². The highest BCUT2D eigenvalue weighted by Crippen LogP contribution is 2.66. The number of barbiturate groups is 1. The predicted octanol–water partition coefficient (Wildman–Crippen LogP) is 4.57. The number of hydrogen-bond acceptors (Lipinski definition) is 7. The molecule has 9 heteroatoms. The number of carbonyl (C=O) groups is 3. The zero-order valence-corrected chi connectivity index (χ0v) is 17.0. The van der Waals surface area contributed by atoms with Crippen LogP contribution in [0.4, 0.5) is 21.9 Å². The first-order valence-corrected chi connectivity index (χ1v) is 10.1. The van der Waals surface area contributed by atoms with E-state index in [1.165, 1.54) is 13.1 Å². The van der Waals surface area contributed by atoms with Crippen molar-refractivity contribution in [3.05, 3.63) is 59.7 Å². The second kappa shape index (κ2) is 5.92. The van der Waals surface area contributed by atoms with Crippen molar-refractivity contribution >= 4 is 41.0 Å². The van der Waals surface area contributed by atoms with Crippen LogP contribution in [0, 0.1) is 0 Å². The van der Waals surface area contributed by atoms with Gasteiger partial charge >= 0.3 is 6.03 Å². The lowest BCUT2D eigenvalue weighted by molar-refractivity contribution is -0.129. The van der Waals surface area contributed by atoms with Crippen LogP contribution in [0.2, 0.25) is 0 Å². The minimum Gasteiger partial charge on any atom is -0.453 e. The molecule has 4 amide bonds. The third-order valence-electron chi connectivity index (χ3n) is 5.93. The van der Waals surface area contributed by atoms with Crippen molar-refractivity contribution in [2.24, 2.45) is 0 Å². The number of imide groups is 2. The molecule has 0 saturated carbocycles. The summed E-state index contributed by atoms with van der Waals surface area (Å²) in [4.78, 5) is 39.4. The first-order chi connectivity index (χ1) is 16.0. The SMILES string of the molecule is CN1C(=O)NC(=O)/C(=C/c2cc3c4c(c2)Oc2cccc5c2N4c2c(cccc2O3)O5)C1=O. The van der Waals surface area contributed by atoms with E-state index in [1.807, 2.05) is 36.4 Å². The van der Waals surface area contributed by atoms with Crippen molar-refractivity contribution in [1.82, 2.24) is 10.2 Å². The van der Waals surface area contributed by atoms with E-state index < -0.39 is 17.8 Å². The van der Waals surface area contributed by atoms with Gasteiger partial charge in [0.05, 0.1) is 0 Å². The molecule has 0 radical (unpaired) electrons. The van der Waals surface area contributed by atoms with Gasteiger partial charge in [-0.15, -0.1) is 0 Å². The summed E-state index contributed by atoms with van der Waals surface area (Å²) in [5, 5.41) is 2.15. The molecule has 0 bridgehead atoms. The highest BCUT2D eigenvalue weighted by Gasteiger charge is 2.41. The molecule has 4 aliphatic heterocycles. The number of ether oxygens (including phenoxy) is 3. The summed E-state index contributed by atoms with van der Waals surface area (Å²) in [6, 6.07) is 13.8. The normalized spacial score (nSPS) is 17.7. The molecule has 4 heterocycles. The fourth-order valence-corrected chi connectivity index (χ4v) is 4.44. The maximum Gasteiger partial charge on any atom is 0.331 e. The number of amides is 4. The first-order valence-electron chi connectivity index (χ1n) is 10.1. The van der Waals surface area contributed by atoms with Crippen LogP contribution in [-0.4, -0.2) is 29.8 Å². The molecule has 33 heavy (non-hydrogen) atoms. The van der Waals surface area contributed by atoms with E-state index in [0.717, 1.165) is 16.3 Å². The molecule has 0 spiro atoms. The zero-order chi connectivity index (χ0) is 22.4. The Morgan fingerprint density at radius 3 is 1.79 bits per heavy atom. The third kappa shape index (κ3) is 2.27. The van der Waals surface area contributed by atoms with Crippen molar-refractivity contribution in [2.45, 2.75) is 0 Å². The van der Waals surface area contributed by atoms with Gasteiger partial charge in [-0.3, -0.25) is 24.7 Å². The Kier molecular flexibility index (Phi) is 3.20. The van der Waals surface area contributed by atoms with Crippen molar-refractivity contribution in [3.8, 4) is 34.5 Å². The molecule has 0 aromatic heterocycles. The smallest absolute Gasteiger partial charge is 0.331 e. The van der Waals surface area contributed by atoms with Gasteiger partial charge in [0.1, 0.15) is 22.6 Å². The Labute approximate surface area is 186 Å². The van der Waals surface area contributed by atoms with E-state index in [9.17, 15) is 14.4 Å². The van der Waals surface area contributed by atoms with E-state index in [4.69, 9.17) is 14.2 Å². The van der Waals surface area contributed by atoms with Crippen LogP contribution in [0.3, 0.4) is 0 Å². The van der Waals surface area contributed by atoms with E-state index in [1.54, 1.807) is 12.1 Å². The highest BCUT2D eigenvalue weighted by atomic mass is 16.5.